The lowest BCUT2D eigenvalue weighted by Crippen LogP contribution is -1.92. The number of hydrogen-bond donors (Lipinski definition) is 0. The van der Waals surface area contributed by atoms with Gasteiger partial charge in [0, 0.05) is 23.5 Å². The molecule has 0 aliphatic rings. The number of aromatic nitrogens is 2. The van der Waals surface area contributed by atoms with Crippen molar-refractivity contribution in [1.29, 1.82) is 0 Å². The Balaban J connectivity index is 1.44. The highest BCUT2D eigenvalue weighted by Gasteiger charge is 2.18. The van der Waals surface area contributed by atoms with E-state index < -0.39 is 0 Å². The summed E-state index contributed by atoms with van der Waals surface area (Å²) < 4.78 is 0. The number of nitrogens with zero attached hydrogens (tertiary/aromatic N) is 2. The van der Waals surface area contributed by atoms with Crippen LogP contribution >= 0.6 is 0 Å². The van der Waals surface area contributed by atoms with Gasteiger partial charge in [0.05, 0.1) is 11.4 Å². The summed E-state index contributed by atoms with van der Waals surface area (Å²) >= 11 is 0. The molecular weight excluding hydrogens is 508 g/mol. The molecule has 0 N–H and O–H groups in total. The van der Waals surface area contributed by atoms with Gasteiger partial charge in [-0.1, -0.05) is 109 Å². The molecule has 0 radical (unpaired) electrons. The molecule has 8 rings (SSSR count). The van der Waals surface area contributed by atoms with Crippen molar-refractivity contribution in [3.8, 4) is 44.8 Å². The minimum Gasteiger partial charge on any atom is -0.256 e. The van der Waals surface area contributed by atoms with Crippen molar-refractivity contribution < 1.29 is 0 Å². The standard InChI is InChI=1S/C40H26N2/c1-2-10-30-25-32(20-15-27(30)9-1)40-34-12-4-3-11-33(34)39(29-18-16-28(17-19-29)37-13-5-7-23-41-37)36-26-31(21-22-35(36)40)38-14-6-8-24-42-38/h1-26H. The molecule has 6 aromatic carbocycles. The van der Waals surface area contributed by atoms with E-state index in [-0.39, 0.29) is 0 Å². The Bertz CT molecular complexity index is 2220. The second kappa shape index (κ2) is 10.1. The highest BCUT2D eigenvalue weighted by atomic mass is 14.7. The molecular formula is C40H26N2. The van der Waals surface area contributed by atoms with Crippen LogP contribution in [0.2, 0.25) is 0 Å². The SMILES string of the molecule is c1ccc(-c2ccc(-c3c4ccccc4c(-c4ccc5ccccc5c4)c4ccc(-c5ccccn5)cc34)cc2)nc1. The van der Waals surface area contributed by atoms with E-state index in [4.69, 9.17) is 0 Å². The highest BCUT2D eigenvalue weighted by Crippen LogP contribution is 2.45. The van der Waals surface area contributed by atoms with Gasteiger partial charge in [-0.25, -0.2) is 0 Å². The molecule has 0 spiro atoms. The fraction of sp³-hybridized carbons (Fsp3) is 0. The van der Waals surface area contributed by atoms with Gasteiger partial charge in [0.2, 0.25) is 0 Å². The van der Waals surface area contributed by atoms with Gasteiger partial charge in [0.25, 0.3) is 0 Å². The molecule has 0 fully saturated rings. The molecule has 2 aromatic heterocycles. The zero-order chi connectivity index (χ0) is 27.9. The summed E-state index contributed by atoms with van der Waals surface area (Å²) in [7, 11) is 0. The molecule has 0 aliphatic heterocycles. The van der Waals surface area contributed by atoms with Gasteiger partial charge >= 0.3 is 0 Å². The number of hydrogen-bond acceptors (Lipinski definition) is 2. The topological polar surface area (TPSA) is 25.8 Å². The summed E-state index contributed by atoms with van der Waals surface area (Å²) in [4.78, 5) is 9.23. The summed E-state index contributed by atoms with van der Waals surface area (Å²) in [5, 5.41) is 7.41. The first kappa shape index (κ1) is 24.2. The molecule has 196 valence electrons. The number of rotatable bonds is 4. The molecule has 2 heteroatoms. The summed E-state index contributed by atoms with van der Waals surface area (Å²) in [6.07, 6.45) is 3.70. The molecule has 0 saturated heterocycles. The van der Waals surface area contributed by atoms with Crippen molar-refractivity contribution in [3.63, 3.8) is 0 Å². The third-order valence-corrected chi connectivity index (χ3v) is 8.16. The fourth-order valence-electron chi connectivity index (χ4n) is 6.18. The van der Waals surface area contributed by atoms with Crippen LogP contribution < -0.4 is 0 Å². The minimum absolute atomic E-state index is 0.969. The predicted octanol–water partition coefficient (Wildman–Crippen LogP) is 10.6. The van der Waals surface area contributed by atoms with Gasteiger partial charge in [-0.3, -0.25) is 9.97 Å². The third-order valence-electron chi connectivity index (χ3n) is 8.16. The zero-order valence-electron chi connectivity index (χ0n) is 22.9. The monoisotopic (exact) mass is 534 g/mol. The van der Waals surface area contributed by atoms with Crippen LogP contribution in [0.5, 0.6) is 0 Å². The van der Waals surface area contributed by atoms with Crippen molar-refractivity contribution in [3.05, 3.63) is 158 Å². The third kappa shape index (κ3) is 4.13. The van der Waals surface area contributed by atoms with E-state index in [9.17, 15) is 0 Å². The molecule has 2 nitrogen and oxygen atoms in total. The normalized spacial score (nSPS) is 11.3. The van der Waals surface area contributed by atoms with E-state index in [2.05, 4.69) is 131 Å². The van der Waals surface area contributed by atoms with E-state index in [0.717, 1.165) is 22.5 Å². The summed E-state index contributed by atoms with van der Waals surface area (Å²) in [5.74, 6) is 0. The Morgan fingerprint density at radius 2 is 0.833 bits per heavy atom. The predicted molar refractivity (Wildman–Crippen MR) is 176 cm³/mol. The van der Waals surface area contributed by atoms with Gasteiger partial charge in [-0.15, -0.1) is 0 Å². The van der Waals surface area contributed by atoms with Crippen molar-refractivity contribution >= 4 is 32.3 Å². The Labute approximate surface area is 244 Å². The Kier molecular flexibility index (Phi) is 5.82. The van der Waals surface area contributed by atoms with Crippen LogP contribution in [0, 0.1) is 0 Å². The van der Waals surface area contributed by atoms with Crippen LogP contribution in [0.4, 0.5) is 0 Å². The first-order chi connectivity index (χ1) is 20.8. The number of benzene rings is 6. The van der Waals surface area contributed by atoms with E-state index in [1.807, 2.05) is 36.7 Å². The van der Waals surface area contributed by atoms with E-state index >= 15 is 0 Å². The maximum Gasteiger partial charge on any atom is 0.0702 e. The zero-order valence-corrected chi connectivity index (χ0v) is 22.9. The summed E-state index contributed by atoms with van der Waals surface area (Å²) in [6.45, 7) is 0. The molecule has 0 unspecified atom stereocenters. The van der Waals surface area contributed by atoms with Crippen LogP contribution in [0.3, 0.4) is 0 Å². The fourth-order valence-corrected chi connectivity index (χ4v) is 6.18. The maximum atomic E-state index is 4.67. The second-order valence-electron chi connectivity index (χ2n) is 10.6. The lowest BCUT2D eigenvalue weighted by Gasteiger charge is -2.19. The van der Waals surface area contributed by atoms with Gasteiger partial charge in [-0.2, -0.15) is 0 Å². The van der Waals surface area contributed by atoms with Crippen LogP contribution in [0.1, 0.15) is 0 Å². The average molecular weight is 535 g/mol. The first-order valence-electron chi connectivity index (χ1n) is 14.2. The first-order valence-corrected chi connectivity index (χ1v) is 14.2. The molecule has 42 heavy (non-hydrogen) atoms. The van der Waals surface area contributed by atoms with E-state index in [0.29, 0.717) is 0 Å². The Hall–Kier alpha value is -5.60. The maximum absolute atomic E-state index is 4.67. The number of fused-ring (bicyclic) bond motifs is 3. The van der Waals surface area contributed by atoms with Crippen LogP contribution in [0.25, 0.3) is 77.1 Å². The second-order valence-corrected chi connectivity index (χ2v) is 10.6. The molecule has 0 bridgehead atoms. The van der Waals surface area contributed by atoms with E-state index in [1.165, 1.54) is 54.6 Å². The Morgan fingerprint density at radius 1 is 0.310 bits per heavy atom. The molecule has 0 atom stereocenters. The van der Waals surface area contributed by atoms with E-state index in [1.54, 1.807) is 0 Å². The van der Waals surface area contributed by atoms with Crippen molar-refractivity contribution in [2.75, 3.05) is 0 Å². The van der Waals surface area contributed by atoms with Crippen LogP contribution in [0.15, 0.2) is 158 Å². The highest BCUT2D eigenvalue weighted by molar-refractivity contribution is 6.22. The van der Waals surface area contributed by atoms with Gasteiger partial charge < -0.3 is 0 Å². The molecule has 0 saturated carbocycles. The molecule has 2 heterocycles. The number of pyridine rings is 2. The van der Waals surface area contributed by atoms with Crippen molar-refractivity contribution in [2.45, 2.75) is 0 Å². The molecule has 0 aliphatic carbocycles. The summed E-state index contributed by atoms with van der Waals surface area (Å²) in [5.41, 5.74) is 9.04. The molecule has 0 amide bonds. The lowest BCUT2D eigenvalue weighted by atomic mass is 9.84. The smallest absolute Gasteiger partial charge is 0.0702 e. The minimum atomic E-state index is 0.969. The summed E-state index contributed by atoms with van der Waals surface area (Å²) in [6, 6.07) is 51.9. The lowest BCUT2D eigenvalue weighted by molar-refractivity contribution is 1.33. The van der Waals surface area contributed by atoms with Crippen LogP contribution in [-0.2, 0) is 0 Å². The van der Waals surface area contributed by atoms with Crippen molar-refractivity contribution in [1.82, 2.24) is 9.97 Å². The van der Waals surface area contributed by atoms with Gasteiger partial charge in [0.1, 0.15) is 0 Å². The van der Waals surface area contributed by atoms with Crippen LogP contribution in [-0.4, -0.2) is 9.97 Å². The average Bonchev–Trinajstić information content (AvgIpc) is 3.07. The van der Waals surface area contributed by atoms with Gasteiger partial charge in [-0.05, 0) is 91.0 Å². The Morgan fingerprint density at radius 3 is 1.52 bits per heavy atom. The quantitative estimate of drug-likeness (QED) is 0.210. The molecule has 8 aromatic rings. The van der Waals surface area contributed by atoms with Gasteiger partial charge in [0.15, 0.2) is 0 Å². The largest absolute Gasteiger partial charge is 0.256 e. The van der Waals surface area contributed by atoms with Crippen molar-refractivity contribution in [2.24, 2.45) is 0 Å².